The summed E-state index contributed by atoms with van der Waals surface area (Å²) in [6.07, 6.45) is 5.71. The fourth-order valence-electron chi connectivity index (χ4n) is 4.55. The Labute approximate surface area is 180 Å². The number of fused-ring (bicyclic) bond motifs is 1. The van der Waals surface area contributed by atoms with Crippen LogP contribution in [0.5, 0.6) is 5.75 Å². The van der Waals surface area contributed by atoms with E-state index in [2.05, 4.69) is 0 Å². The minimum atomic E-state index is -1.02. The number of benzene rings is 1. The van der Waals surface area contributed by atoms with Crippen molar-refractivity contribution < 1.29 is 38.4 Å². The molecule has 0 amide bonds. The third kappa shape index (κ3) is 6.72. The lowest BCUT2D eigenvalue weighted by molar-refractivity contribution is -0.137. The number of ether oxygens (including phenoxy) is 2. The average molecular weight is 440 g/mol. The van der Waals surface area contributed by atoms with Crippen LogP contribution < -0.4 is 4.74 Å². The topological polar surface area (TPSA) is 96.2 Å². The van der Waals surface area contributed by atoms with Gasteiger partial charge in [-0.05, 0) is 49.7 Å². The first-order valence-electron chi connectivity index (χ1n) is 10.8. The van der Waals surface area contributed by atoms with Gasteiger partial charge in [0.2, 0.25) is 0 Å². The first-order valence-corrected chi connectivity index (χ1v) is 10.8. The van der Waals surface area contributed by atoms with Gasteiger partial charge in [-0.2, -0.15) is 0 Å². The molecule has 1 aliphatic heterocycles. The van der Waals surface area contributed by atoms with Gasteiger partial charge in [-0.25, -0.2) is 8.78 Å². The molecule has 1 aromatic carbocycles. The standard InChI is InChI=1S/C23H30F2O6/c24-19-9-6-16(10-20(19)25)30-13-15(26)5-8-17-18-7-4-14(2-1-3-23(28)29)12-31-22(18)11-21(17)27/h5-6,8-10,14-15,17-18,21-22,26-27H,1-4,7,11-13H2,(H,28,29)/t14-,15+,17+,18+,21+,22-/m0/s1. The third-order valence-corrected chi connectivity index (χ3v) is 6.21. The monoisotopic (exact) mass is 440 g/mol. The summed E-state index contributed by atoms with van der Waals surface area (Å²) in [6, 6.07) is 3.17. The summed E-state index contributed by atoms with van der Waals surface area (Å²) in [5.41, 5.74) is 0. The highest BCUT2D eigenvalue weighted by Crippen LogP contribution is 2.42. The van der Waals surface area contributed by atoms with Gasteiger partial charge in [0.1, 0.15) is 18.5 Å². The van der Waals surface area contributed by atoms with Crippen molar-refractivity contribution in [3.63, 3.8) is 0 Å². The molecule has 2 fully saturated rings. The highest BCUT2D eigenvalue weighted by Gasteiger charge is 2.43. The van der Waals surface area contributed by atoms with Gasteiger partial charge in [-0.1, -0.05) is 12.2 Å². The molecule has 0 bridgehead atoms. The minimum absolute atomic E-state index is 0.0512. The van der Waals surface area contributed by atoms with Crippen LogP contribution >= 0.6 is 0 Å². The molecular weight excluding hydrogens is 410 g/mol. The molecular formula is C23H30F2O6. The third-order valence-electron chi connectivity index (χ3n) is 6.21. The molecule has 8 heteroatoms. The summed E-state index contributed by atoms with van der Waals surface area (Å²) in [6.45, 7) is 0.454. The van der Waals surface area contributed by atoms with Crippen molar-refractivity contribution in [3.05, 3.63) is 42.0 Å². The number of carboxylic acids is 1. The SMILES string of the molecule is O=C(O)CCC[C@H]1CC[C@@H]2[C@@H](C=C[C@@H](O)COc3ccc(F)c(F)c3)[C@H](O)C[C@@H]2OC1. The van der Waals surface area contributed by atoms with Gasteiger partial charge in [-0.3, -0.25) is 4.79 Å². The van der Waals surface area contributed by atoms with Gasteiger partial charge >= 0.3 is 5.97 Å². The summed E-state index contributed by atoms with van der Waals surface area (Å²) in [4.78, 5) is 10.7. The second-order valence-electron chi connectivity index (χ2n) is 8.48. The number of hydrogen-bond acceptors (Lipinski definition) is 5. The number of aliphatic carboxylic acids is 1. The summed E-state index contributed by atoms with van der Waals surface area (Å²) in [5, 5.41) is 29.4. The summed E-state index contributed by atoms with van der Waals surface area (Å²) >= 11 is 0. The molecule has 6 nitrogen and oxygen atoms in total. The Balaban J connectivity index is 1.50. The van der Waals surface area contributed by atoms with Crippen molar-refractivity contribution in [2.45, 2.75) is 56.8 Å². The molecule has 1 aliphatic carbocycles. The maximum Gasteiger partial charge on any atom is 0.303 e. The van der Waals surface area contributed by atoms with Crippen molar-refractivity contribution in [2.75, 3.05) is 13.2 Å². The molecule has 1 heterocycles. The lowest BCUT2D eigenvalue weighted by Gasteiger charge is -2.21. The summed E-state index contributed by atoms with van der Waals surface area (Å²) in [5.74, 6) is -2.34. The van der Waals surface area contributed by atoms with Gasteiger partial charge in [0.15, 0.2) is 11.6 Å². The van der Waals surface area contributed by atoms with Gasteiger partial charge in [0, 0.05) is 31.4 Å². The van der Waals surface area contributed by atoms with Crippen LogP contribution in [0.3, 0.4) is 0 Å². The smallest absolute Gasteiger partial charge is 0.303 e. The quantitative estimate of drug-likeness (QED) is 0.510. The normalized spacial score (nSPS) is 29.5. The Morgan fingerprint density at radius 3 is 2.84 bits per heavy atom. The van der Waals surface area contributed by atoms with E-state index in [-0.39, 0.29) is 36.7 Å². The molecule has 1 saturated carbocycles. The Kier molecular flexibility index (Phi) is 8.40. The average Bonchev–Trinajstić information content (AvgIpc) is 2.89. The van der Waals surface area contributed by atoms with Crippen LogP contribution in [0.25, 0.3) is 0 Å². The molecule has 1 aromatic rings. The van der Waals surface area contributed by atoms with Crippen LogP contribution in [-0.2, 0) is 9.53 Å². The number of carbonyl (C=O) groups is 1. The molecule has 3 rings (SSSR count). The van der Waals surface area contributed by atoms with E-state index in [1.807, 2.05) is 0 Å². The molecule has 31 heavy (non-hydrogen) atoms. The Morgan fingerprint density at radius 2 is 2.10 bits per heavy atom. The molecule has 3 N–H and O–H groups in total. The van der Waals surface area contributed by atoms with Crippen molar-refractivity contribution in [2.24, 2.45) is 17.8 Å². The van der Waals surface area contributed by atoms with E-state index in [4.69, 9.17) is 14.6 Å². The zero-order valence-corrected chi connectivity index (χ0v) is 17.3. The number of aliphatic hydroxyl groups is 2. The highest BCUT2D eigenvalue weighted by atomic mass is 19.2. The Bertz CT molecular complexity index is 770. The van der Waals surface area contributed by atoms with Gasteiger partial charge in [0.05, 0.1) is 12.2 Å². The van der Waals surface area contributed by atoms with Crippen molar-refractivity contribution in [3.8, 4) is 5.75 Å². The largest absolute Gasteiger partial charge is 0.490 e. The molecule has 1 saturated heterocycles. The zero-order chi connectivity index (χ0) is 22.4. The number of hydrogen-bond donors (Lipinski definition) is 3. The van der Waals surface area contributed by atoms with E-state index in [1.165, 1.54) is 6.07 Å². The van der Waals surface area contributed by atoms with Crippen molar-refractivity contribution in [1.29, 1.82) is 0 Å². The van der Waals surface area contributed by atoms with Crippen LogP contribution in [0.1, 0.15) is 38.5 Å². The fourth-order valence-corrected chi connectivity index (χ4v) is 4.55. The fraction of sp³-hybridized carbons (Fsp3) is 0.609. The van der Waals surface area contributed by atoms with E-state index in [0.717, 1.165) is 31.4 Å². The zero-order valence-electron chi connectivity index (χ0n) is 17.3. The molecule has 6 atom stereocenters. The maximum absolute atomic E-state index is 13.2. The highest BCUT2D eigenvalue weighted by molar-refractivity contribution is 5.66. The van der Waals surface area contributed by atoms with Crippen LogP contribution in [-0.4, -0.2) is 52.8 Å². The molecule has 0 radical (unpaired) electrons. The predicted molar refractivity (Wildman–Crippen MR) is 109 cm³/mol. The molecule has 0 spiro atoms. The second-order valence-corrected chi connectivity index (χ2v) is 8.48. The lowest BCUT2D eigenvalue weighted by atomic mass is 9.86. The van der Waals surface area contributed by atoms with E-state index in [9.17, 15) is 23.8 Å². The second kappa shape index (κ2) is 11.0. The Hall–Kier alpha value is -2.03. The minimum Gasteiger partial charge on any atom is -0.490 e. The van der Waals surface area contributed by atoms with E-state index >= 15 is 0 Å². The van der Waals surface area contributed by atoms with Crippen LogP contribution in [0.2, 0.25) is 0 Å². The van der Waals surface area contributed by atoms with Gasteiger partial charge < -0.3 is 24.8 Å². The maximum atomic E-state index is 13.2. The van der Waals surface area contributed by atoms with Crippen LogP contribution in [0, 0.1) is 29.4 Å². The number of aliphatic hydroxyl groups excluding tert-OH is 2. The lowest BCUT2D eigenvalue weighted by Crippen LogP contribution is -2.22. The predicted octanol–water partition coefficient (Wildman–Crippen LogP) is 3.31. The van der Waals surface area contributed by atoms with Crippen molar-refractivity contribution >= 4 is 5.97 Å². The van der Waals surface area contributed by atoms with E-state index < -0.39 is 29.8 Å². The summed E-state index contributed by atoms with van der Waals surface area (Å²) in [7, 11) is 0. The van der Waals surface area contributed by atoms with Crippen LogP contribution in [0.4, 0.5) is 8.78 Å². The molecule has 2 aliphatic rings. The van der Waals surface area contributed by atoms with E-state index in [0.29, 0.717) is 25.4 Å². The first kappa shape index (κ1) is 23.6. The molecule has 0 aromatic heterocycles. The molecule has 0 unspecified atom stereocenters. The number of carboxylic acid groups (broad SMARTS) is 1. The molecule has 172 valence electrons. The number of rotatable bonds is 9. The van der Waals surface area contributed by atoms with E-state index in [1.54, 1.807) is 12.2 Å². The summed E-state index contributed by atoms with van der Waals surface area (Å²) < 4.78 is 37.5. The van der Waals surface area contributed by atoms with Crippen molar-refractivity contribution in [1.82, 2.24) is 0 Å². The first-order chi connectivity index (χ1) is 14.8. The Morgan fingerprint density at radius 1 is 1.29 bits per heavy atom. The van der Waals surface area contributed by atoms with Gasteiger partial charge in [-0.15, -0.1) is 0 Å². The van der Waals surface area contributed by atoms with Crippen LogP contribution in [0.15, 0.2) is 30.4 Å². The van der Waals surface area contributed by atoms with Gasteiger partial charge in [0.25, 0.3) is 0 Å². The number of halogens is 2.